The Labute approximate surface area is 318 Å². The first-order chi connectivity index (χ1) is 26.5. The minimum atomic E-state index is -1.14. The summed E-state index contributed by atoms with van der Waals surface area (Å²) >= 11 is 0. The predicted molar refractivity (Wildman–Crippen MR) is 207 cm³/mol. The van der Waals surface area contributed by atoms with E-state index < -0.39 is 18.2 Å². The highest BCUT2D eigenvalue weighted by atomic mass is 16.5. The molecule has 0 spiro atoms. The first-order valence-electron chi connectivity index (χ1n) is 18.6. The van der Waals surface area contributed by atoms with Crippen molar-refractivity contribution >= 4 is 34.8 Å². The van der Waals surface area contributed by atoms with Crippen molar-refractivity contribution in [1.82, 2.24) is 40.0 Å². The zero-order chi connectivity index (χ0) is 38.8. The number of rotatable bonds is 10. The Morgan fingerprint density at radius 2 is 1.51 bits per heavy atom. The molecule has 3 atom stereocenters. The number of imidazole rings is 2. The van der Waals surface area contributed by atoms with Gasteiger partial charge in [-0.15, -0.1) is 0 Å². The number of H-pyrrole nitrogens is 2. The SMILES string of the molecule is COC(=O)N[C@H](C(=O)N1CCC[C@H]1c1nc(-c2ccc(-c3ccc4cc(-c5cnc([C@@H]6CCCN6C(=O)CN(C)C(=O)O)[nH]5)ccc4c3)cc2)c[nH]1)C(C)C. The maximum absolute atomic E-state index is 13.5. The predicted octanol–water partition coefficient (Wildman–Crippen LogP) is 6.60. The van der Waals surface area contributed by atoms with Crippen LogP contribution in [0.15, 0.2) is 73.1 Å². The van der Waals surface area contributed by atoms with Crippen molar-refractivity contribution in [3.8, 4) is 33.6 Å². The Morgan fingerprint density at radius 1 is 0.891 bits per heavy atom. The van der Waals surface area contributed by atoms with Crippen LogP contribution in [0.5, 0.6) is 0 Å². The van der Waals surface area contributed by atoms with Crippen molar-refractivity contribution in [2.45, 2.75) is 57.7 Å². The smallest absolute Gasteiger partial charge is 0.407 e. The van der Waals surface area contributed by atoms with E-state index in [1.54, 1.807) is 11.1 Å². The Balaban J connectivity index is 1.02. The van der Waals surface area contributed by atoms with Gasteiger partial charge in [-0.05, 0) is 65.6 Å². The summed E-state index contributed by atoms with van der Waals surface area (Å²) < 4.78 is 4.75. The Bertz CT molecular complexity index is 2210. The topological polar surface area (TPSA) is 177 Å². The average Bonchev–Trinajstić information content (AvgIpc) is 4.03. The van der Waals surface area contributed by atoms with Crippen molar-refractivity contribution < 1.29 is 29.0 Å². The summed E-state index contributed by atoms with van der Waals surface area (Å²) in [6.07, 6.45) is 5.12. The van der Waals surface area contributed by atoms with Crippen LogP contribution in [0.1, 0.15) is 63.3 Å². The minimum absolute atomic E-state index is 0.105. The van der Waals surface area contributed by atoms with E-state index in [2.05, 4.69) is 80.9 Å². The van der Waals surface area contributed by atoms with Gasteiger partial charge >= 0.3 is 12.2 Å². The lowest BCUT2D eigenvalue weighted by atomic mass is 9.98. The van der Waals surface area contributed by atoms with Crippen molar-refractivity contribution in [2.24, 2.45) is 5.92 Å². The number of alkyl carbamates (subject to hydrolysis) is 1. The first kappa shape index (κ1) is 37.1. The summed E-state index contributed by atoms with van der Waals surface area (Å²) in [6.45, 7) is 4.77. The van der Waals surface area contributed by atoms with Crippen LogP contribution in [0, 0.1) is 5.92 Å². The maximum atomic E-state index is 13.5. The lowest BCUT2D eigenvalue weighted by Crippen LogP contribution is -2.51. The number of benzene rings is 3. The molecule has 14 nitrogen and oxygen atoms in total. The summed E-state index contributed by atoms with van der Waals surface area (Å²) in [5.41, 5.74) is 5.72. The molecule has 2 fully saturated rings. The number of likely N-dealkylation sites (N-methyl/N-ethyl adjacent to an activating group) is 1. The molecule has 286 valence electrons. The number of ether oxygens (including phenoxy) is 1. The van der Waals surface area contributed by atoms with Gasteiger partial charge in [0.2, 0.25) is 11.8 Å². The molecule has 0 radical (unpaired) electrons. The summed E-state index contributed by atoms with van der Waals surface area (Å²) in [5.74, 6) is 0.946. The molecule has 7 rings (SSSR count). The number of amides is 4. The number of hydrogen-bond donors (Lipinski definition) is 4. The number of fused-ring (bicyclic) bond motifs is 1. The number of carboxylic acid groups (broad SMARTS) is 1. The highest BCUT2D eigenvalue weighted by Crippen LogP contribution is 2.35. The fourth-order valence-electron chi connectivity index (χ4n) is 7.64. The minimum Gasteiger partial charge on any atom is -0.465 e. The van der Waals surface area contributed by atoms with Gasteiger partial charge in [0.05, 0.1) is 36.8 Å². The van der Waals surface area contributed by atoms with Gasteiger partial charge in [0.1, 0.15) is 24.2 Å². The van der Waals surface area contributed by atoms with E-state index in [4.69, 9.17) is 9.72 Å². The van der Waals surface area contributed by atoms with Gasteiger partial charge in [0.15, 0.2) is 0 Å². The molecule has 0 aliphatic carbocycles. The molecular weight excluding hydrogens is 701 g/mol. The van der Waals surface area contributed by atoms with E-state index in [-0.39, 0.29) is 36.4 Å². The van der Waals surface area contributed by atoms with E-state index in [1.807, 2.05) is 24.9 Å². The molecule has 4 heterocycles. The zero-order valence-corrected chi connectivity index (χ0v) is 31.4. The second kappa shape index (κ2) is 15.7. The van der Waals surface area contributed by atoms with E-state index in [1.165, 1.54) is 14.2 Å². The van der Waals surface area contributed by atoms with Crippen LogP contribution in [-0.4, -0.2) is 104 Å². The molecule has 2 aliphatic heterocycles. The van der Waals surface area contributed by atoms with Crippen molar-refractivity contribution in [1.29, 1.82) is 0 Å². The van der Waals surface area contributed by atoms with Crippen molar-refractivity contribution in [3.63, 3.8) is 0 Å². The quantitative estimate of drug-likeness (QED) is 0.124. The Hall–Kier alpha value is -6.18. The van der Waals surface area contributed by atoms with Crippen LogP contribution in [0.2, 0.25) is 0 Å². The molecule has 55 heavy (non-hydrogen) atoms. The molecule has 5 aromatic rings. The summed E-state index contributed by atoms with van der Waals surface area (Å²) in [6, 6.07) is 19.8. The first-order valence-corrected chi connectivity index (χ1v) is 18.6. The summed E-state index contributed by atoms with van der Waals surface area (Å²) in [4.78, 5) is 70.3. The van der Waals surface area contributed by atoms with Crippen LogP contribution in [0.4, 0.5) is 9.59 Å². The summed E-state index contributed by atoms with van der Waals surface area (Å²) in [5, 5.41) is 14.1. The van der Waals surface area contributed by atoms with Gasteiger partial charge in [-0.3, -0.25) is 9.59 Å². The highest BCUT2D eigenvalue weighted by molar-refractivity contribution is 5.91. The Morgan fingerprint density at radius 3 is 2.18 bits per heavy atom. The van der Waals surface area contributed by atoms with Gasteiger partial charge in [0, 0.05) is 37.5 Å². The highest BCUT2D eigenvalue weighted by Gasteiger charge is 2.38. The third-order valence-electron chi connectivity index (χ3n) is 10.7. The zero-order valence-electron chi connectivity index (χ0n) is 31.4. The second-order valence-electron chi connectivity index (χ2n) is 14.6. The molecular formula is C41H46N8O6. The standard InChI is InChI=1S/C41H46N8O6/c1-24(2)36(46-40(52)55-4)39(51)49-18-6-8-34(49)38-42-21-31(44-38)26-11-9-25(10-12-26)27-13-14-29-20-30(16-15-28(29)19-27)32-22-43-37(45-32)33-7-5-17-48(33)35(50)23-47(3)41(53)54/h9-16,19-22,24,33-34,36H,5-8,17-18,23H2,1-4H3,(H,42,44)(H,43,45)(H,46,52)(H,53,54)/t33-,34-,36-/m0/s1. The average molecular weight is 747 g/mol. The molecule has 2 aliphatic rings. The number of aromatic nitrogens is 4. The van der Waals surface area contributed by atoms with Crippen LogP contribution in [0.25, 0.3) is 44.4 Å². The maximum Gasteiger partial charge on any atom is 0.407 e. The third-order valence-corrected chi connectivity index (χ3v) is 10.7. The molecule has 14 heteroatoms. The lowest BCUT2D eigenvalue weighted by molar-refractivity contribution is -0.135. The fraction of sp³-hybridized carbons (Fsp3) is 0.366. The van der Waals surface area contributed by atoms with Crippen LogP contribution in [-0.2, 0) is 14.3 Å². The lowest BCUT2D eigenvalue weighted by Gasteiger charge is -2.29. The van der Waals surface area contributed by atoms with Crippen molar-refractivity contribution in [3.05, 3.63) is 84.7 Å². The number of methoxy groups -OCH3 is 1. The molecule has 4 amide bonds. The number of carbonyl (C=O) groups is 4. The molecule has 0 saturated carbocycles. The number of carbonyl (C=O) groups excluding carboxylic acids is 3. The van der Waals surface area contributed by atoms with Crippen LogP contribution in [0.3, 0.4) is 0 Å². The number of nitrogens with one attached hydrogen (secondary N) is 3. The number of aromatic amines is 2. The largest absolute Gasteiger partial charge is 0.465 e. The monoisotopic (exact) mass is 746 g/mol. The molecule has 3 aromatic carbocycles. The number of hydrogen-bond acceptors (Lipinski definition) is 7. The van der Waals surface area contributed by atoms with Gasteiger partial charge in [0.25, 0.3) is 0 Å². The van der Waals surface area contributed by atoms with Crippen LogP contribution >= 0.6 is 0 Å². The summed E-state index contributed by atoms with van der Waals surface area (Å²) in [7, 11) is 2.68. The van der Waals surface area contributed by atoms with Crippen LogP contribution < -0.4 is 5.32 Å². The van der Waals surface area contributed by atoms with Gasteiger partial charge < -0.3 is 39.8 Å². The van der Waals surface area contributed by atoms with Gasteiger partial charge in [-0.25, -0.2) is 19.6 Å². The fourth-order valence-corrected chi connectivity index (χ4v) is 7.64. The molecule has 0 bridgehead atoms. The normalized spacial score (nSPS) is 17.5. The van der Waals surface area contributed by atoms with Crippen molar-refractivity contribution in [2.75, 3.05) is 33.8 Å². The third kappa shape index (κ3) is 7.75. The Kier molecular flexibility index (Phi) is 10.6. The molecule has 0 unspecified atom stereocenters. The molecule has 4 N–H and O–H groups in total. The molecule has 2 saturated heterocycles. The second-order valence-corrected chi connectivity index (χ2v) is 14.6. The number of likely N-dealkylation sites (tertiary alicyclic amines) is 2. The van der Waals surface area contributed by atoms with E-state index >= 15 is 0 Å². The van der Waals surface area contributed by atoms with E-state index in [0.717, 1.165) is 80.8 Å². The molecule has 2 aromatic heterocycles. The van der Waals surface area contributed by atoms with E-state index in [9.17, 15) is 24.3 Å². The van der Waals surface area contributed by atoms with E-state index in [0.29, 0.717) is 18.9 Å². The van der Waals surface area contributed by atoms with Gasteiger partial charge in [-0.1, -0.05) is 62.4 Å². The number of nitrogens with zero attached hydrogens (tertiary/aromatic N) is 5. The van der Waals surface area contributed by atoms with Gasteiger partial charge in [-0.2, -0.15) is 0 Å².